The predicted octanol–water partition coefficient (Wildman–Crippen LogP) is 3.73. The fourth-order valence-corrected chi connectivity index (χ4v) is 2.50. The van der Waals surface area contributed by atoms with Crippen molar-refractivity contribution in [2.24, 2.45) is 0 Å². The normalized spacial score (nSPS) is 10.1. The molecule has 0 radical (unpaired) electrons. The number of nitrogens with one attached hydrogen (secondary N) is 2. The molecule has 0 bridgehead atoms. The molecule has 3 rings (SSSR count). The van der Waals surface area contributed by atoms with Gasteiger partial charge in [-0.3, -0.25) is 4.79 Å². The number of esters is 1. The number of pyridine rings is 1. The first kappa shape index (κ1) is 18.1. The van der Waals surface area contributed by atoms with E-state index in [9.17, 15) is 9.59 Å². The Morgan fingerprint density at radius 3 is 2.56 bits per heavy atom. The van der Waals surface area contributed by atoms with Crippen LogP contribution in [0.4, 0.5) is 11.5 Å². The molecule has 0 unspecified atom stereocenters. The van der Waals surface area contributed by atoms with Gasteiger partial charge in [0.05, 0.1) is 12.7 Å². The molecule has 3 aromatic rings. The molecule has 1 amide bonds. The topological polar surface area (TPSA) is 80.3 Å². The van der Waals surface area contributed by atoms with Gasteiger partial charge in [-0.05, 0) is 35.9 Å². The molecular weight excluding hydrogens is 342 g/mol. The smallest absolute Gasteiger partial charge is 0.337 e. The van der Waals surface area contributed by atoms with E-state index in [1.165, 1.54) is 7.11 Å². The molecule has 136 valence electrons. The first-order chi connectivity index (χ1) is 13.2. The van der Waals surface area contributed by atoms with Crippen LogP contribution in [0.15, 0.2) is 72.9 Å². The highest BCUT2D eigenvalue weighted by Crippen LogP contribution is 2.15. The van der Waals surface area contributed by atoms with Crippen LogP contribution in [-0.4, -0.2) is 24.0 Å². The van der Waals surface area contributed by atoms with Crippen LogP contribution in [0.5, 0.6) is 0 Å². The first-order valence-electron chi connectivity index (χ1n) is 8.39. The molecule has 0 saturated heterocycles. The largest absolute Gasteiger partial charge is 0.465 e. The first-order valence-corrected chi connectivity index (χ1v) is 8.39. The van der Waals surface area contributed by atoms with Gasteiger partial charge in [-0.2, -0.15) is 0 Å². The van der Waals surface area contributed by atoms with Crippen LogP contribution in [0, 0.1) is 0 Å². The van der Waals surface area contributed by atoms with E-state index in [1.807, 2.05) is 30.3 Å². The predicted molar refractivity (Wildman–Crippen MR) is 104 cm³/mol. The Kier molecular flexibility index (Phi) is 5.79. The number of carbonyl (C=O) groups is 2. The highest BCUT2D eigenvalue weighted by molar-refractivity contribution is 6.05. The van der Waals surface area contributed by atoms with E-state index >= 15 is 0 Å². The molecule has 0 aliphatic carbocycles. The van der Waals surface area contributed by atoms with Crippen molar-refractivity contribution in [1.82, 2.24) is 4.98 Å². The molecule has 2 N–H and O–H groups in total. The van der Waals surface area contributed by atoms with Gasteiger partial charge in [0.15, 0.2) is 0 Å². The van der Waals surface area contributed by atoms with Gasteiger partial charge in [-0.15, -0.1) is 0 Å². The van der Waals surface area contributed by atoms with Crippen LogP contribution in [0.1, 0.15) is 26.3 Å². The highest BCUT2D eigenvalue weighted by Gasteiger charge is 2.10. The number of anilines is 2. The third-order valence-corrected chi connectivity index (χ3v) is 3.88. The zero-order valence-electron chi connectivity index (χ0n) is 14.8. The SMILES string of the molecule is COC(=O)c1cccc(NC(=O)c2ccnc(NCc3ccccc3)c2)c1. The van der Waals surface area contributed by atoms with Crippen LogP contribution in [-0.2, 0) is 11.3 Å². The fourth-order valence-electron chi connectivity index (χ4n) is 2.50. The van der Waals surface area contributed by atoms with Crippen LogP contribution in [0.25, 0.3) is 0 Å². The molecular formula is C21H19N3O3. The van der Waals surface area contributed by atoms with Gasteiger partial charge in [0.25, 0.3) is 5.91 Å². The lowest BCUT2D eigenvalue weighted by Crippen LogP contribution is -2.13. The third-order valence-electron chi connectivity index (χ3n) is 3.88. The molecule has 0 fully saturated rings. The van der Waals surface area contributed by atoms with Gasteiger partial charge in [0, 0.05) is 24.0 Å². The van der Waals surface area contributed by atoms with E-state index in [4.69, 9.17) is 4.74 Å². The number of hydrogen-bond donors (Lipinski definition) is 2. The second-order valence-electron chi connectivity index (χ2n) is 5.80. The molecule has 6 heteroatoms. The van der Waals surface area contributed by atoms with Crippen molar-refractivity contribution in [2.45, 2.75) is 6.54 Å². The van der Waals surface area contributed by atoms with Crippen LogP contribution < -0.4 is 10.6 Å². The monoisotopic (exact) mass is 361 g/mol. The van der Waals surface area contributed by atoms with E-state index in [-0.39, 0.29) is 5.91 Å². The van der Waals surface area contributed by atoms with Gasteiger partial charge >= 0.3 is 5.97 Å². The number of carbonyl (C=O) groups excluding carboxylic acids is 2. The van der Waals surface area contributed by atoms with Gasteiger partial charge in [0.1, 0.15) is 5.82 Å². The minimum Gasteiger partial charge on any atom is -0.465 e. The van der Waals surface area contributed by atoms with E-state index in [2.05, 4.69) is 15.6 Å². The number of hydrogen-bond acceptors (Lipinski definition) is 5. The molecule has 2 aromatic carbocycles. The second-order valence-corrected chi connectivity index (χ2v) is 5.80. The van der Waals surface area contributed by atoms with Gasteiger partial charge in [-0.25, -0.2) is 9.78 Å². The number of ether oxygens (including phenoxy) is 1. The Morgan fingerprint density at radius 1 is 0.963 bits per heavy atom. The van der Waals surface area contributed by atoms with Crippen molar-refractivity contribution < 1.29 is 14.3 Å². The van der Waals surface area contributed by atoms with Crippen LogP contribution in [0.2, 0.25) is 0 Å². The lowest BCUT2D eigenvalue weighted by Gasteiger charge is -2.09. The summed E-state index contributed by atoms with van der Waals surface area (Å²) < 4.78 is 4.69. The maximum Gasteiger partial charge on any atom is 0.337 e. The number of methoxy groups -OCH3 is 1. The summed E-state index contributed by atoms with van der Waals surface area (Å²) in [6.07, 6.45) is 1.58. The van der Waals surface area contributed by atoms with Gasteiger partial charge < -0.3 is 15.4 Å². The fraction of sp³-hybridized carbons (Fsp3) is 0.0952. The van der Waals surface area contributed by atoms with E-state index in [0.717, 1.165) is 5.56 Å². The van der Waals surface area contributed by atoms with E-state index in [1.54, 1.807) is 42.6 Å². The highest BCUT2D eigenvalue weighted by atomic mass is 16.5. The maximum atomic E-state index is 12.5. The molecule has 1 heterocycles. The summed E-state index contributed by atoms with van der Waals surface area (Å²) in [6.45, 7) is 0.611. The summed E-state index contributed by atoms with van der Waals surface area (Å²) >= 11 is 0. The molecule has 27 heavy (non-hydrogen) atoms. The summed E-state index contributed by atoms with van der Waals surface area (Å²) in [5.41, 5.74) is 2.46. The summed E-state index contributed by atoms with van der Waals surface area (Å²) in [5.74, 6) is -0.139. The van der Waals surface area contributed by atoms with Crippen molar-refractivity contribution in [2.75, 3.05) is 17.7 Å². The van der Waals surface area contributed by atoms with Crippen molar-refractivity contribution in [1.29, 1.82) is 0 Å². The third kappa shape index (κ3) is 4.92. The lowest BCUT2D eigenvalue weighted by atomic mass is 10.2. The Labute approximate surface area is 157 Å². The maximum absolute atomic E-state index is 12.5. The Balaban J connectivity index is 1.67. The average molecular weight is 361 g/mol. The minimum absolute atomic E-state index is 0.290. The molecule has 0 atom stereocenters. The van der Waals surface area contributed by atoms with E-state index in [0.29, 0.717) is 29.2 Å². The number of benzene rings is 2. The number of rotatable bonds is 6. The Hall–Kier alpha value is -3.67. The van der Waals surface area contributed by atoms with E-state index < -0.39 is 5.97 Å². The summed E-state index contributed by atoms with van der Waals surface area (Å²) in [6, 6.07) is 19.8. The molecule has 0 aliphatic rings. The van der Waals surface area contributed by atoms with Crippen molar-refractivity contribution in [3.05, 3.63) is 89.6 Å². The summed E-state index contributed by atoms with van der Waals surface area (Å²) in [4.78, 5) is 28.4. The van der Waals surface area contributed by atoms with Gasteiger partial charge in [0.2, 0.25) is 0 Å². The Bertz CT molecular complexity index is 942. The molecule has 1 aromatic heterocycles. The van der Waals surface area contributed by atoms with Crippen LogP contribution >= 0.6 is 0 Å². The average Bonchev–Trinajstić information content (AvgIpc) is 2.73. The standard InChI is InChI=1S/C21H19N3O3/c1-27-21(26)17-8-5-9-18(12-17)24-20(25)16-10-11-22-19(13-16)23-14-15-6-3-2-4-7-15/h2-13H,14H2,1H3,(H,22,23)(H,24,25). The minimum atomic E-state index is -0.456. The molecule has 0 aliphatic heterocycles. The van der Waals surface area contributed by atoms with Crippen molar-refractivity contribution in [3.8, 4) is 0 Å². The van der Waals surface area contributed by atoms with Crippen molar-refractivity contribution in [3.63, 3.8) is 0 Å². The summed E-state index contributed by atoms with van der Waals surface area (Å²) in [5, 5.41) is 5.98. The molecule has 0 spiro atoms. The lowest BCUT2D eigenvalue weighted by molar-refractivity contribution is 0.0600. The van der Waals surface area contributed by atoms with Crippen LogP contribution in [0.3, 0.4) is 0 Å². The zero-order valence-corrected chi connectivity index (χ0v) is 14.8. The molecule has 6 nitrogen and oxygen atoms in total. The number of aromatic nitrogens is 1. The van der Waals surface area contributed by atoms with Gasteiger partial charge in [-0.1, -0.05) is 36.4 Å². The quantitative estimate of drug-likeness (QED) is 0.654. The number of nitrogens with zero attached hydrogens (tertiary/aromatic N) is 1. The summed E-state index contributed by atoms with van der Waals surface area (Å²) in [7, 11) is 1.31. The van der Waals surface area contributed by atoms with Crippen molar-refractivity contribution >= 4 is 23.4 Å². The zero-order chi connectivity index (χ0) is 19.1. The second kappa shape index (κ2) is 8.62. The molecule has 0 saturated carbocycles. The Morgan fingerprint density at radius 2 is 1.78 bits per heavy atom. The number of amides is 1.